The van der Waals surface area contributed by atoms with E-state index in [-0.39, 0.29) is 5.75 Å². The first-order valence-corrected chi connectivity index (χ1v) is 7.45. The highest BCUT2D eigenvalue weighted by Gasteiger charge is 2.51. The van der Waals surface area contributed by atoms with E-state index in [4.69, 9.17) is 4.74 Å². The zero-order chi connectivity index (χ0) is 18.0. The number of benzene rings is 1. The van der Waals surface area contributed by atoms with Crippen molar-refractivity contribution in [1.29, 1.82) is 0 Å². The number of hydrogen-bond acceptors (Lipinski definition) is 3. The molecule has 0 aliphatic carbocycles. The van der Waals surface area contributed by atoms with E-state index in [1.807, 2.05) is 0 Å². The summed E-state index contributed by atoms with van der Waals surface area (Å²) in [5.41, 5.74) is -0.859. The van der Waals surface area contributed by atoms with Crippen molar-refractivity contribution in [3.63, 3.8) is 0 Å². The molecule has 132 valence electrons. The van der Waals surface area contributed by atoms with Crippen LogP contribution in [-0.4, -0.2) is 19.8 Å². The molecule has 2 aromatic rings. The molecule has 0 radical (unpaired) electrons. The molecule has 1 heterocycles. The van der Waals surface area contributed by atoms with Crippen LogP contribution in [0.4, 0.5) is 26.3 Å². The Balaban J connectivity index is 2.13. The first kappa shape index (κ1) is 18.6. The number of halogens is 6. The minimum Gasteiger partial charge on any atom is -0.497 e. The first-order chi connectivity index (χ1) is 11.2. The lowest BCUT2D eigenvalue weighted by Gasteiger charge is -2.26. The van der Waals surface area contributed by atoms with Gasteiger partial charge in [-0.25, -0.2) is 8.78 Å². The number of methoxy groups -OCH3 is 1. The summed E-state index contributed by atoms with van der Waals surface area (Å²) in [6.45, 7) is 0. The molecular formula is C15H12F6O2S. The van der Waals surface area contributed by atoms with Gasteiger partial charge in [-0.05, 0) is 35.7 Å². The molecule has 0 bridgehead atoms. The highest BCUT2D eigenvalue weighted by Crippen LogP contribution is 2.41. The fourth-order valence-corrected chi connectivity index (χ4v) is 2.51. The Morgan fingerprint density at radius 2 is 1.50 bits per heavy atom. The SMILES string of the molecule is COc1ccc(C(F)(F)[C@@H](F)O[C@H](F)C(F)(F)c2cccs2)cc1. The van der Waals surface area contributed by atoms with Gasteiger partial charge in [0.25, 0.3) is 12.7 Å². The van der Waals surface area contributed by atoms with E-state index in [0.29, 0.717) is 11.3 Å². The average molecular weight is 370 g/mol. The van der Waals surface area contributed by atoms with Crippen LogP contribution < -0.4 is 4.74 Å². The minimum atomic E-state index is -4.32. The van der Waals surface area contributed by atoms with Gasteiger partial charge in [-0.15, -0.1) is 11.3 Å². The van der Waals surface area contributed by atoms with Crippen molar-refractivity contribution in [2.45, 2.75) is 24.6 Å². The summed E-state index contributed by atoms with van der Waals surface area (Å²) >= 11 is 0.499. The van der Waals surface area contributed by atoms with Crippen LogP contribution in [0.15, 0.2) is 41.8 Å². The molecule has 1 aromatic heterocycles. The molecule has 0 spiro atoms. The van der Waals surface area contributed by atoms with Crippen molar-refractivity contribution < 1.29 is 35.8 Å². The number of rotatable bonds is 7. The summed E-state index contributed by atoms with van der Waals surface area (Å²) in [6.07, 6.45) is -7.15. The molecule has 0 unspecified atom stereocenters. The van der Waals surface area contributed by atoms with Crippen LogP contribution in [0, 0.1) is 0 Å². The van der Waals surface area contributed by atoms with Crippen LogP contribution in [0.1, 0.15) is 10.4 Å². The predicted octanol–water partition coefficient (Wildman–Crippen LogP) is 5.25. The standard InChI is InChI=1S/C15H12F6O2S/c1-22-10-6-4-9(5-7-10)14(18,19)12(16)23-13(17)15(20,21)11-3-2-8-24-11/h2-8,12-13H,1H3/t12-,13-/m0/s1. The van der Waals surface area contributed by atoms with Crippen molar-refractivity contribution >= 4 is 11.3 Å². The molecule has 24 heavy (non-hydrogen) atoms. The Hall–Kier alpha value is -1.74. The van der Waals surface area contributed by atoms with Gasteiger partial charge in [0.1, 0.15) is 5.75 Å². The first-order valence-electron chi connectivity index (χ1n) is 6.57. The lowest BCUT2D eigenvalue weighted by molar-refractivity contribution is -0.294. The zero-order valence-electron chi connectivity index (χ0n) is 12.2. The third kappa shape index (κ3) is 3.67. The topological polar surface area (TPSA) is 18.5 Å². The van der Waals surface area contributed by atoms with E-state index in [9.17, 15) is 26.3 Å². The van der Waals surface area contributed by atoms with E-state index in [1.54, 1.807) is 0 Å². The van der Waals surface area contributed by atoms with Gasteiger partial charge >= 0.3 is 11.8 Å². The highest BCUT2D eigenvalue weighted by molar-refractivity contribution is 7.10. The number of ether oxygens (including phenoxy) is 2. The normalized spacial score (nSPS) is 15.1. The van der Waals surface area contributed by atoms with E-state index < -0.39 is 35.0 Å². The maximum absolute atomic E-state index is 13.9. The van der Waals surface area contributed by atoms with Crippen molar-refractivity contribution in [1.82, 2.24) is 0 Å². The van der Waals surface area contributed by atoms with E-state index in [2.05, 4.69) is 4.74 Å². The van der Waals surface area contributed by atoms with Crippen LogP contribution in [0.3, 0.4) is 0 Å². The lowest BCUT2D eigenvalue weighted by atomic mass is 10.1. The number of hydrogen-bond donors (Lipinski definition) is 0. The summed E-state index contributed by atoms with van der Waals surface area (Å²) in [5.74, 6) is -8.32. The van der Waals surface area contributed by atoms with Crippen LogP contribution in [0.2, 0.25) is 0 Å². The van der Waals surface area contributed by atoms with Crippen LogP contribution in [-0.2, 0) is 16.6 Å². The second-order valence-electron chi connectivity index (χ2n) is 4.72. The highest BCUT2D eigenvalue weighted by atomic mass is 32.1. The predicted molar refractivity (Wildman–Crippen MR) is 76.0 cm³/mol. The van der Waals surface area contributed by atoms with Crippen LogP contribution in [0.5, 0.6) is 5.75 Å². The van der Waals surface area contributed by atoms with Gasteiger partial charge in [0, 0.05) is 5.56 Å². The molecule has 0 aliphatic heterocycles. The second kappa shape index (κ2) is 7.02. The van der Waals surface area contributed by atoms with E-state index in [0.717, 1.165) is 30.3 Å². The van der Waals surface area contributed by atoms with Gasteiger partial charge in [0.15, 0.2) is 0 Å². The van der Waals surface area contributed by atoms with Gasteiger partial charge in [0.2, 0.25) is 0 Å². The number of thiophene rings is 1. The summed E-state index contributed by atoms with van der Waals surface area (Å²) in [6, 6.07) is 6.04. The Morgan fingerprint density at radius 3 is 2.00 bits per heavy atom. The fraction of sp³-hybridized carbons (Fsp3) is 0.333. The molecular weight excluding hydrogens is 358 g/mol. The molecule has 9 heteroatoms. The smallest absolute Gasteiger partial charge is 0.336 e. The van der Waals surface area contributed by atoms with Gasteiger partial charge in [0.05, 0.1) is 12.0 Å². The Kier molecular flexibility index (Phi) is 5.44. The third-order valence-electron chi connectivity index (χ3n) is 3.13. The molecule has 2 atom stereocenters. The largest absolute Gasteiger partial charge is 0.497 e. The Morgan fingerprint density at radius 1 is 0.917 bits per heavy atom. The molecule has 2 nitrogen and oxygen atoms in total. The maximum Gasteiger partial charge on any atom is 0.336 e. The van der Waals surface area contributed by atoms with Gasteiger partial charge in [-0.2, -0.15) is 17.6 Å². The molecule has 0 fully saturated rings. The van der Waals surface area contributed by atoms with Crippen molar-refractivity contribution in [2.75, 3.05) is 7.11 Å². The minimum absolute atomic E-state index is 0.235. The molecule has 0 saturated carbocycles. The van der Waals surface area contributed by atoms with Crippen molar-refractivity contribution in [3.8, 4) is 5.75 Å². The van der Waals surface area contributed by atoms with Crippen LogP contribution >= 0.6 is 11.3 Å². The van der Waals surface area contributed by atoms with Crippen LogP contribution in [0.25, 0.3) is 0 Å². The molecule has 0 amide bonds. The van der Waals surface area contributed by atoms with Gasteiger partial charge < -0.3 is 9.47 Å². The fourth-order valence-electron chi connectivity index (χ4n) is 1.80. The summed E-state index contributed by atoms with van der Waals surface area (Å²) in [4.78, 5) is -0.755. The summed E-state index contributed by atoms with van der Waals surface area (Å²) in [5, 5.41) is 1.24. The molecule has 0 aliphatic rings. The third-order valence-corrected chi connectivity index (χ3v) is 4.09. The summed E-state index contributed by atoms with van der Waals surface area (Å²) < 4.78 is 91.0. The Bertz CT molecular complexity index is 644. The molecule has 0 N–H and O–H groups in total. The zero-order valence-corrected chi connectivity index (χ0v) is 13.0. The van der Waals surface area contributed by atoms with Gasteiger partial charge in [-0.3, -0.25) is 0 Å². The molecule has 1 aromatic carbocycles. The Labute approximate surface area is 137 Å². The number of alkyl halides is 6. The van der Waals surface area contributed by atoms with Gasteiger partial charge in [-0.1, -0.05) is 6.07 Å². The second-order valence-corrected chi connectivity index (χ2v) is 5.67. The van der Waals surface area contributed by atoms with E-state index >= 15 is 0 Å². The summed E-state index contributed by atoms with van der Waals surface area (Å²) in [7, 11) is 1.30. The quantitative estimate of drug-likeness (QED) is 0.620. The monoisotopic (exact) mass is 370 g/mol. The van der Waals surface area contributed by atoms with E-state index in [1.165, 1.54) is 18.6 Å². The molecule has 2 rings (SSSR count). The average Bonchev–Trinajstić information content (AvgIpc) is 3.10. The van der Waals surface area contributed by atoms with Crippen molar-refractivity contribution in [3.05, 3.63) is 52.2 Å². The maximum atomic E-state index is 13.9. The lowest BCUT2D eigenvalue weighted by Crippen LogP contribution is -2.38. The van der Waals surface area contributed by atoms with Crippen molar-refractivity contribution in [2.24, 2.45) is 0 Å². The molecule has 0 saturated heterocycles.